The average Bonchev–Trinajstić information content (AvgIpc) is 2.61. The molecule has 5 heteroatoms. The minimum absolute atomic E-state index is 0.192. The number of nitrogens with one attached hydrogen (secondary N) is 1. The van der Waals surface area contributed by atoms with Crippen molar-refractivity contribution in [3.63, 3.8) is 0 Å². The molecule has 1 aromatic carbocycles. The Morgan fingerprint density at radius 2 is 2.00 bits per heavy atom. The van der Waals surface area contributed by atoms with Crippen molar-refractivity contribution in [1.82, 2.24) is 4.98 Å². The van der Waals surface area contributed by atoms with Crippen molar-refractivity contribution < 1.29 is 14.3 Å². The molecule has 0 unspecified atom stereocenters. The summed E-state index contributed by atoms with van der Waals surface area (Å²) in [4.78, 5) is 25.8. The lowest BCUT2D eigenvalue weighted by Gasteiger charge is -2.10. The first-order chi connectivity index (χ1) is 10.1. The zero-order chi connectivity index (χ0) is 15.0. The number of ether oxygens (including phenoxy) is 2. The molecule has 1 N–H and O–H groups in total. The molecule has 0 spiro atoms. The number of allylic oxidation sites excluding steroid dienone is 1. The largest absolute Gasteiger partial charge is 0.465 e. The van der Waals surface area contributed by atoms with Gasteiger partial charge in [-0.25, -0.2) is 4.79 Å². The minimum atomic E-state index is -0.422. The van der Waals surface area contributed by atoms with Gasteiger partial charge in [-0.1, -0.05) is 6.07 Å². The minimum Gasteiger partial charge on any atom is -0.465 e. The van der Waals surface area contributed by atoms with Gasteiger partial charge in [0.1, 0.15) is 5.75 Å². The lowest BCUT2D eigenvalue weighted by Crippen LogP contribution is -2.05. The Morgan fingerprint density at radius 3 is 2.76 bits per heavy atom. The van der Waals surface area contributed by atoms with E-state index in [4.69, 9.17) is 9.47 Å². The number of benzene rings is 1. The summed E-state index contributed by atoms with van der Waals surface area (Å²) in [6, 6.07) is 8.13. The molecule has 21 heavy (non-hydrogen) atoms. The van der Waals surface area contributed by atoms with Gasteiger partial charge in [0.2, 0.25) is 5.56 Å². The number of methoxy groups -OCH3 is 1. The van der Waals surface area contributed by atoms with Gasteiger partial charge in [-0.05, 0) is 36.8 Å². The number of rotatable bonds is 1. The molecular weight excluding hydrogens is 270 g/mol. The number of carbonyl (C=O) groups excluding carboxylic acids is 1. The number of aromatic nitrogens is 1. The van der Waals surface area contributed by atoms with E-state index < -0.39 is 5.97 Å². The van der Waals surface area contributed by atoms with E-state index in [0.717, 1.165) is 11.1 Å². The highest BCUT2D eigenvalue weighted by Crippen LogP contribution is 2.37. The van der Waals surface area contributed by atoms with Gasteiger partial charge < -0.3 is 14.5 Å². The number of hydrogen-bond donors (Lipinski definition) is 1. The molecule has 5 nitrogen and oxygen atoms in total. The van der Waals surface area contributed by atoms with Crippen molar-refractivity contribution in [1.29, 1.82) is 0 Å². The Balaban J connectivity index is 2.16. The highest BCUT2D eigenvalue weighted by atomic mass is 16.5. The summed E-state index contributed by atoms with van der Waals surface area (Å²) in [5, 5.41) is 0. The van der Waals surface area contributed by atoms with Crippen LogP contribution in [0.1, 0.15) is 28.5 Å². The van der Waals surface area contributed by atoms with Crippen molar-refractivity contribution in [2.45, 2.75) is 6.92 Å². The van der Waals surface area contributed by atoms with Gasteiger partial charge in [-0.2, -0.15) is 0 Å². The predicted octanol–water partition coefficient (Wildman–Crippen LogP) is 2.83. The van der Waals surface area contributed by atoms with E-state index in [1.54, 1.807) is 24.3 Å². The summed E-state index contributed by atoms with van der Waals surface area (Å²) >= 11 is 0. The van der Waals surface area contributed by atoms with Crippen LogP contribution in [0.4, 0.5) is 0 Å². The third kappa shape index (κ3) is 2.33. The summed E-state index contributed by atoms with van der Waals surface area (Å²) in [7, 11) is 1.33. The van der Waals surface area contributed by atoms with Gasteiger partial charge >= 0.3 is 5.97 Å². The Hall–Kier alpha value is -2.82. The highest BCUT2D eigenvalue weighted by Gasteiger charge is 2.17. The van der Waals surface area contributed by atoms with E-state index >= 15 is 0 Å². The fourth-order valence-corrected chi connectivity index (χ4v) is 2.26. The van der Waals surface area contributed by atoms with Gasteiger partial charge in [0.05, 0.1) is 18.4 Å². The molecule has 0 radical (unpaired) electrons. The number of esters is 1. The molecule has 0 aliphatic carbocycles. The van der Waals surface area contributed by atoms with Crippen molar-refractivity contribution in [2.24, 2.45) is 0 Å². The third-order valence-electron chi connectivity index (χ3n) is 3.32. The Kier molecular flexibility index (Phi) is 3.10. The summed E-state index contributed by atoms with van der Waals surface area (Å²) in [5.41, 5.74) is 2.62. The first kappa shape index (κ1) is 13.2. The number of hydrogen-bond acceptors (Lipinski definition) is 4. The first-order valence-electron chi connectivity index (χ1n) is 6.40. The maximum absolute atomic E-state index is 11.6. The topological polar surface area (TPSA) is 68.4 Å². The molecule has 0 saturated carbocycles. The second-order valence-corrected chi connectivity index (χ2v) is 4.73. The summed E-state index contributed by atoms with van der Waals surface area (Å²) in [5.74, 6) is 0.668. The second-order valence-electron chi connectivity index (χ2n) is 4.73. The number of fused-ring (bicyclic) bond motifs is 2. The second kappa shape index (κ2) is 4.94. The summed E-state index contributed by atoms with van der Waals surface area (Å²) in [6.07, 6.45) is 1.85. The van der Waals surface area contributed by atoms with E-state index in [1.165, 1.54) is 13.2 Å². The summed E-state index contributed by atoms with van der Waals surface area (Å²) in [6.45, 7) is 1.92. The Labute approximate surface area is 120 Å². The molecule has 1 aliphatic rings. The van der Waals surface area contributed by atoms with Gasteiger partial charge in [0, 0.05) is 11.6 Å². The molecule has 0 fully saturated rings. The molecule has 3 rings (SSSR count). The number of aromatic amines is 1. The first-order valence-corrected chi connectivity index (χ1v) is 6.40. The van der Waals surface area contributed by atoms with E-state index in [0.29, 0.717) is 22.8 Å². The lowest BCUT2D eigenvalue weighted by atomic mass is 10.0. The van der Waals surface area contributed by atoms with Crippen LogP contribution in [0.25, 0.3) is 11.6 Å². The predicted molar refractivity (Wildman–Crippen MR) is 78.5 cm³/mol. The molecule has 1 aliphatic heterocycles. The normalized spacial score (nSPS) is 12.4. The maximum Gasteiger partial charge on any atom is 0.337 e. The SMILES string of the molecule is COC(=O)c1ccc2c(c1)Oc1ccc(=O)[nH]c1C=C2C. The molecule has 2 aromatic rings. The van der Waals surface area contributed by atoms with E-state index in [2.05, 4.69) is 4.98 Å². The van der Waals surface area contributed by atoms with Crippen molar-refractivity contribution in [2.75, 3.05) is 7.11 Å². The quantitative estimate of drug-likeness (QED) is 0.817. The third-order valence-corrected chi connectivity index (χ3v) is 3.32. The van der Waals surface area contributed by atoms with Gasteiger partial charge in [0.15, 0.2) is 5.75 Å². The van der Waals surface area contributed by atoms with Gasteiger partial charge in [0.25, 0.3) is 0 Å². The van der Waals surface area contributed by atoms with E-state index in [1.807, 2.05) is 13.0 Å². The molecular formula is C16H13NO4. The number of pyridine rings is 1. The summed E-state index contributed by atoms with van der Waals surface area (Å²) < 4.78 is 10.5. The standard InChI is InChI=1S/C16H13NO4/c1-9-7-12-13(5-6-15(18)17-12)21-14-8-10(16(19)20-2)3-4-11(9)14/h3-8H,1-2H3,(H,17,18). The maximum atomic E-state index is 11.6. The van der Waals surface area contributed by atoms with E-state index in [9.17, 15) is 9.59 Å². The fourth-order valence-electron chi connectivity index (χ4n) is 2.26. The Morgan fingerprint density at radius 1 is 1.19 bits per heavy atom. The fraction of sp³-hybridized carbons (Fsp3) is 0.125. The number of H-pyrrole nitrogens is 1. The van der Waals surface area contributed by atoms with Crippen LogP contribution in [0.15, 0.2) is 35.1 Å². The average molecular weight is 283 g/mol. The van der Waals surface area contributed by atoms with Crippen LogP contribution >= 0.6 is 0 Å². The molecule has 0 amide bonds. The monoisotopic (exact) mass is 283 g/mol. The van der Waals surface area contributed by atoms with Crippen molar-refractivity contribution >= 4 is 17.6 Å². The molecule has 0 saturated heterocycles. The Bertz CT molecular complexity index is 817. The molecule has 0 atom stereocenters. The molecule has 2 heterocycles. The zero-order valence-electron chi connectivity index (χ0n) is 11.6. The van der Waals surface area contributed by atoms with Crippen LogP contribution in [0.5, 0.6) is 11.5 Å². The molecule has 1 aromatic heterocycles. The van der Waals surface area contributed by atoms with Crippen LogP contribution < -0.4 is 10.3 Å². The molecule has 0 bridgehead atoms. The number of carbonyl (C=O) groups is 1. The molecule has 106 valence electrons. The van der Waals surface area contributed by atoms with Crippen LogP contribution in [-0.2, 0) is 4.74 Å². The van der Waals surface area contributed by atoms with Crippen molar-refractivity contribution in [3.05, 3.63) is 57.5 Å². The lowest BCUT2D eigenvalue weighted by molar-refractivity contribution is 0.0600. The van der Waals surface area contributed by atoms with Gasteiger partial charge in [-0.3, -0.25) is 4.79 Å². The van der Waals surface area contributed by atoms with Crippen molar-refractivity contribution in [3.8, 4) is 11.5 Å². The highest BCUT2D eigenvalue weighted by molar-refractivity contribution is 5.92. The van der Waals surface area contributed by atoms with Crippen LogP contribution in [-0.4, -0.2) is 18.1 Å². The van der Waals surface area contributed by atoms with Crippen LogP contribution in [0, 0.1) is 0 Å². The smallest absolute Gasteiger partial charge is 0.337 e. The van der Waals surface area contributed by atoms with Gasteiger partial charge in [-0.15, -0.1) is 0 Å². The van der Waals surface area contributed by atoms with Crippen LogP contribution in [0.3, 0.4) is 0 Å². The van der Waals surface area contributed by atoms with Crippen LogP contribution in [0.2, 0.25) is 0 Å². The van der Waals surface area contributed by atoms with E-state index in [-0.39, 0.29) is 5.56 Å². The zero-order valence-corrected chi connectivity index (χ0v) is 11.6.